The molecule has 17 heavy (non-hydrogen) atoms. The first-order chi connectivity index (χ1) is 8.22. The number of thioether (sulfide) groups is 1. The molecular formula is C11H22N4OS. The van der Waals surface area contributed by atoms with Gasteiger partial charge in [-0.15, -0.1) is 0 Å². The van der Waals surface area contributed by atoms with E-state index in [-0.39, 0.29) is 17.9 Å². The van der Waals surface area contributed by atoms with Gasteiger partial charge in [-0.05, 0) is 19.6 Å². The van der Waals surface area contributed by atoms with Crippen LogP contribution in [0.15, 0.2) is 6.33 Å². The third-order valence-corrected chi connectivity index (χ3v) is 3.92. The molecule has 2 unspecified atom stereocenters. The summed E-state index contributed by atoms with van der Waals surface area (Å²) in [7, 11) is 0. The fraction of sp³-hybridized carbons (Fsp3) is 0.818. The van der Waals surface area contributed by atoms with Gasteiger partial charge in [0.15, 0.2) is 0 Å². The van der Waals surface area contributed by atoms with Crippen molar-refractivity contribution in [2.24, 2.45) is 0 Å². The molecule has 2 N–H and O–H groups in total. The van der Waals surface area contributed by atoms with Gasteiger partial charge < -0.3 is 10.4 Å². The second kappa shape index (κ2) is 7.68. The van der Waals surface area contributed by atoms with Crippen LogP contribution >= 0.6 is 11.8 Å². The Kier molecular flexibility index (Phi) is 6.54. The van der Waals surface area contributed by atoms with Crippen LogP contribution in [0, 0.1) is 0 Å². The molecular weight excluding hydrogens is 236 g/mol. The van der Waals surface area contributed by atoms with Gasteiger partial charge in [0.1, 0.15) is 12.2 Å². The van der Waals surface area contributed by atoms with Crippen LogP contribution in [-0.2, 0) is 13.1 Å². The van der Waals surface area contributed by atoms with Crippen LogP contribution in [-0.4, -0.2) is 44.0 Å². The van der Waals surface area contributed by atoms with E-state index in [9.17, 15) is 5.11 Å². The van der Waals surface area contributed by atoms with Crippen molar-refractivity contribution < 1.29 is 5.11 Å². The average Bonchev–Trinajstić information content (AvgIpc) is 2.76. The van der Waals surface area contributed by atoms with Crippen LogP contribution in [0.25, 0.3) is 0 Å². The summed E-state index contributed by atoms with van der Waals surface area (Å²) in [6.45, 7) is 5.99. The molecule has 1 aromatic rings. The molecule has 1 heterocycles. The molecule has 98 valence electrons. The highest BCUT2D eigenvalue weighted by Gasteiger charge is 2.15. The third kappa shape index (κ3) is 4.29. The maximum Gasteiger partial charge on any atom is 0.140 e. The molecule has 0 spiro atoms. The SMILES string of the molecule is CCCn1ncnc1CNC(C)C(CO)SC. The molecule has 0 aliphatic rings. The number of nitrogens with zero attached hydrogens (tertiary/aromatic N) is 3. The molecule has 1 rings (SSSR count). The van der Waals surface area contributed by atoms with Crippen molar-refractivity contribution in [1.82, 2.24) is 20.1 Å². The quantitative estimate of drug-likeness (QED) is 0.725. The molecule has 0 aliphatic heterocycles. The predicted molar refractivity (Wildman–Crippen MR) is 71.0 cm³/mol. The Morgan fingerprint density at radius 1 is 1.59 bits per heavy atom. The molecule has 0 saturated heterocycles. The summed E-state index contributed by atoms with van der Waals surface area (Å²) in [6.07, 6.45) is 4.66. The number of aromatic nitrogens is 3. The molecule has 0 amide bonds. The molecule has 5 nitrogen and oxygen atoms in total. The topological polar surface area (TPSA) is 63.0 Å². The van der Waals surface area contributed by atoms with Crippen molar-refractivity contribution in [2.45, 2.75) is 44.6 Å². The van der Waals surface area contributed by atoms with E-state index in [0.29, 0.717) is 6.54 Å². The maximum absolute atomic E-state index is 9.20. The lowest BCUT2D eigenvalue weighted by Gasteiger charge is -2.21. The van der Waals surface area contributed by atoms with Gasteiger partial charge >= 0.3 is 0 Å². The van der Waals surface area contributed by atoms with Crippen molar-refractivity contribution >= 4 is 11.8 Å². The molecule has 0 aromatic carbocycles. The molecule has 0 bridgehead atoms. The predicted octanol–water partition coefficient (Wildman–Crippen LogP) is 0.890. The molecule has 0 fully saturated rings. The smallest absolute Gasteiger partial charge is 0.140 e. The summed E-state index contributed by atoms with van der Waals surface area (Å²) in [5.74, 6) is 0.955. The van der Waals surface area contributed by atoms with Crippen LogP contribution in [0.3, 0.4) is 0 Å². The number of hydrogen-bond donors (Lipinski definition) is 2. The second-order valence-electron chi connectivity index (χ2n) is 4.03. The Bertz CT molecular complexity index is 314. The maximum atomic E-state index is 9.20. The van der Waals surface area contributed by atoms with Gasteiger partial charge in [-0.3, -0.25) is 0 Å². The van der Waals surface area contributed by atoms with Gasteiger partial charge in [-0.2, -0.15) is 16.9 Å². The van der Waals surface area contributed by atoms with E-state index in [0.717, 1.165) is 18.8 Å². The van der Waals surface area contributed by atoms with E-state index in [4.69, 9.17) is 0 Å². The van der Waals surface area contributed by atoms with E-state index in [2.05, 4.69) is 29.2 Å². The number of aryl methyl sites for hydroxylation is 1. The zero-order valence-electron chi connectivity index (χ0n) is 10.8. The van der Waals surface area contributed by atoms with Crippen LogP contribution < -0.4 is 5.32 Å². The lowest BCUT2D eigenvalue weighted by Crippen LogP contribution is -2.37. The Morgan fingerprint density at radius 2 is 2.35 bits per heavy atom. The molecule has 2 atom stereocenters. The first kappa shape index (κ1) is 14.5. The number of hydrogen-bond acceptors (Lipinski definition) is 5. The van der Waals surface area contributed by atoms with Crippen molar-refractivity contribution in [3.05, 3.63) is 12.2 Å². The van der Waals surface area contributed by atoms with E-state index >= 15 is 0 Å². The summed E-state index contributed by atoms with van der Waals surface area (Å²) >= 11 is 1.67. The van der Waals surface area contributed by atoms with E-state index in [1.165, 1.54) is 0 Å². The molecule has 1 aromatic heterocycles. The minimum Gasteiger partial charge on any atom is -0.395 e. The average molecular weight is 258 g/mol. The zero-order chi connectivity index (χ0) is 12.7. The normalized spacial score (nSPS) is 14.8. The van der Waals surface area contributed by atoms with Crippen molar-refractivity contribution in [3.63, 3.8) is 0 Å². The Labute approximate surface area is 107 Å². The van der Waals surface area contributed by atoms with E-state index in [1.54, 1.807) is 18.1 Å². The van der Waals surface area contributed by atoms with Crippen molar-refractivity contribution in [1.29, 1.82) is 0 Å². The summed E-state index contributed by atoms with van der Waals surface area (Å²) in [4.78, 5) is 4.24. The van der Waals surface area contributed by atoms with E-state index < -0.39 is 0 Å². The van der Waals surface area contributed by atoms with Gasteiger partial charge in [0.25, 0.3) is 0 Å². The fourth-order valence-corrected chi connectivity index (χ4v) is 2.30. The Balaban J connectivity index is 2.46. The lowest BCUT2D eigenvalue weighted by molar-refractivity contribution is 0.275. The minimum atomic E-state index is 0.191. The van der Waals surface area contributed by atoms with Gasteiger partial charge in [-0.1, -0.05) is 6.92 Å². The van der Waals surface area contributed by atoms with Gasteiger partial charge in [0.05, 0.1) is 13.2 Å². The third-order valence-electron chi connectivity index (χ3n) is 2.75. The molecule has 0 saturated carbocycles. The molecule has 6 heteroatoms. The van der Waals surface area contributed by atoms with Crippen LogP contribution in [0.4, 0.5) is 0 Å². The monoisotopic (exact) mass is 258 g/mol. The highest BCUT2D eigenvalue weighted by Crippen LogP contribution is 2.10. The van der Waals surface area contributed by atoms with Crippen molar-refractivity contribution in [2.75, 3.05) is 12.9 Å². The number of nitrogens with one attached hydrogen (secondary N) is 1. The van der Waals surface area contributed by atoms with E-state index in [1.807, 2.05) is 10.9 Å². The summed E-state index contributed by atoms with van der Waals surface area (Å²) in [6, 6.07) is 0.252. The largest absolute Gasteiger partial charge is 0.395 e. The molecule has 0 aliphatic carbocycles. The Morgan fingerprint density at radius 3 is 2.94 bits per heavy atom. The number of rotatable bonds is 8. The first-order valence-electron chi connectivity index (χ1n) is 5.96. The molecule has 0 radical (unpaired) electrons. The van der Waals surface area contributed by atoms with Gasteiger partial charge in [0.2, 0.25) is 0 Å². The minimum absolute atomic E-state index is 0.191. The summed E-state index contributed by atoms with van der Waals surface area (Å²) in [5, 5.41) is 17.0. The Hall–Kier alpha value is -0.590. The summed E-state index contributed by atoms with van der Waals surface area (Å²) in [5.41, 5.74) is 0. The fourth-order valence-electron chi connectivity index (χ4n) is 1.64. The first-order valence-corrected chi connectivity index (χ1v) is 7.25. The van der Waals surface area contributed by atoms with Crippen LogP contribution in [0.1, 0.15) is 26.1 Å². The standard InChI is InChI=1S/C11H22N4OS/c1-4-5-15-11(13-8-14-15)6-12-9(2)10(7-16)17-3/h8-10,12,16H,4-7H2,1-3H3. The van der Waals surface area contributed by atoms with Crippen LogP contribution in [0.2, 0.25) is 0 Å². The second-order valence-corrected chi connectivity index (χ2v) is 5.10. The number of aliphatic hydroxyl groups is 1. The van der Waals surface area contributed by atoms with Crippen molar-refractivity contribution in [3.8, 4) is 0 Å². The van der Waals surface area contributed by atoms with Gasteiger partial charge in [0, 0.05) is 17.8 Å². The number of aliphatic hydroxyl groups excluding tert-OH is 1. The van der Waals surface area contributed by atoms with Crippen LogP contribution in [0.5, 0.6) is 0 Å². The highest BCUT2D eigenvalue weighted by atomic mass is 32.2. The van der Waals surface area contributed by atoms with Gasteiger partial charge in [-0.25, -0.2) is 9.67 Å². The highest BCUT2D eigenvalue weighted by molar-refractivity contribution is 7.99. The zero-order valence-corrected chi connectivity index (χ0v) is 11.6. The lowest BCUT2D eigenvalue weighted by atomic mass is 10.2. The summed E-state index contributed by atoms with van der Waals surface area (Å²) < 4.78 is 1.92.